The zero-order chi connectivity index (χ0) is 14.3. The summed E-state index contributed by atoms with van der Waals surface area (Å²) in [5.74, 6) is 0.908. The summed E-state index contributed by atoms with van der Waals surface area (Å²) in [6.07, 6.45) is 1.20. The average Bonchev–Trinajstić information content (AvgIpc) is 2.43. The Kier molecular flexibility index (Phi) is 6.87. The Hall–Kier alpha value is -1.07. The minimum Gasteiger partial charge on any atom is -0.493 e. The van der Waals surface area contributed by atoms with Crippen LogP contribution in [0.2, 0.25) is 0 Å². The van der Waals surface area contributed by atoms with Crippen molar-refractivity contribution in [1.82, 2.24) is 10.6 Å². The van der Waals surface area contributed by atoms with E-state index in [9.17, 15) is 4.79 Å². The van der Waals surface area contributed by atoms with Gasteiger partial charge in [0.25, 0.3) is 0 Å². The third kappa shape index (κ3) is 5.20. The lowest BCUT2D eigenvalue weighted by molar-refractivity contribution is -0.120. The van der Waals surface area contributed by atoms with Crippen LogP contribution in [0.25, 0.3) is 0 Å². The van der Waals surface area contributed by atoms with Gasteiger partial charge in [0.05, 0.1) is 6.61 Å². The molecule has 0 bridgehead atoms. The molecule has 0 heterocycles. The zero-order valence-electron chi connectivity index (χ0n) is 11.6. The smallest absolute Gasteiger partial charge is 0.219 e. The summed E-state index contributed by atoms with van der Waals surface area (Å²) in [4.78, 5) is 11.1. The molecule has 0 saturated heterocycles. The van der Waals surface area contributed by atoms with Crippen LogP contribution < -0.4 is 15.4 Å². The lowest BCUT2D eigenvalue weighted by Crippen LogP contribution is -2.18. The van der Waals surface area contributed by atoms with E-state index >= 15 is 0 Å². The van der Waals surface area contributed by atoms with Crippen molar-refractivity contribution in [2.45, 2.75) is 25.8 Å². The first-order valence-corrected chi connectivity index (χ1v) is 7.18. The van der Waals surface area contributed by atoms with E-state index in [4.69, 9.17) is 4.74 Å². The molecule has 5 heteroatoms. The van der Waals surface area contributed by atoms with Crippen LogP contribution in [0.3, 0.4) is 0 Å². The average molecular weight is 329 g/mol. The van der Waals surface area contributed by atoms with Gasteiger partial charge >= 0.3 is 0 Å². The van der Waals surface area contributed by atoms with Gasteiger partial charge in [-0.25, -0.2) is 0 Å². The second-order valence-electron chi connectivity index (χ2n) is 4.32. The summed E-state index contributed by atoms with van der Waals surface area (Å²) in [6.45, 7) is 2.62. The molecule has 0 saturated carbocycles. The van der Waals surface area contributed by atoms with Crippen LogP contribution in [0.1, 0.15) is 31.4 Å². The van der Waals surface area contributed by atoms with Gasteiger partial charge in [-0.3, -0.25) is 4.79 Å². The second kappa shape index (κ2) is 8.17. The third-order valence-corrected chi connectivity index (χ3v) is 3.45. The van der Waals surface area contributed by atoms with E-state index in [1.807, 2.05) is 19.2 Å². The Labute approximate surface area is 123 Å². The van der Waals surface area contributed by atoms with E-state index in [-0.39, 0.29) is 11.9 Å². The summed E-state index contributed by atoms with van der Waals surface area (Å²) in [7, 11) is 3.56. The molecule has 1 atom stereocenters. The van der Waals surface area contributed by atoms with Gasteiger partial charge in [0, 0.05) is 29.5 Å². The summed E-state index contributed by atoms with van der Waals surface area (Å²) in [5, 5.41) is 5.80. The molecule has 1 unspecified atom stereocenters. The molecule has 106 valence electrons. The minimum absolute atomic E-state index is 0.0447. The molecule has 1 rings (SSSR count). The molecule has 0 spiro atoms. The Morgan fingerprint density at radius 2 is 2.16 bits per heavy atom. The monoisotopic (exact) mass is 328 g/mol. The van der Waals surface area contributed by atoms with Crippen molar-refractivity contribution in [1.29, 1.82) is 0 Å². The van der Waals surface area contributed by atoms with Crippen LogP contribution in [0, 0.1) is 0 Å². The van der Waals surface area contributed by atoms with Crippen molar-refractivity contribution < 1.29 is 9.53 Å². The number of rotatable bonds is 7. The maximum Gasteiger partial charge on any atom is 0.219 e. The first-order valence-electron chi connectivity index (χ1n) is 6.38. The number of nitrogens with one attached hydrogen (secondary N) is 2. The highest BCUT2D eigenvalue weighted by Crippen LogP contribution is 2.28. The van der Waals surface area contributed by atoms with Crippen molar-refractivity contribution in [3.8, 4) is 5.75 Å². The topological polar surface area (TPSA) is 50.4 Å². The molecule has 1 aromatic carbocycles. The van der Waals surface area contributed by atoms with E-state index in [0.717, 1.165) is 15.8 Å². The van der Waals surface area contributed by atoms with E-state index in [2.05, 4.69) is 39.6 Å². The molecule has 4 nitrogen and oxygen atoms in total. The van der Waals surface area contributed by atoms with E-state index in [0.29, 0.717) is 19.4 Å². The molecule has 0 aliphatic rings. The normalized spacial score (nSPS) is 12.0. The highest BCUT2D eigenvalue weighted by molar-refractivity contribution is 9.10. The van der Waals surface area contributed by atoms with Gasteiger partial charge in [-0.05, 0) is 38.6 Å². The second-order valence-corrected chi connectivity index (χ2v) is 5.23. The minimum atomic E-state index is 0.0447. The molecule has 0 fully saturated rings. The van der Waals surface area contributed by atoms with Crippen molar-refractivity contribution >= 4 is 21.8 Å². The summed E-state index contributed by atoms with van der Waals surface area (Å²) in [6, 6.07) is 6.17. The maximum absolute atomic E-state index is 11.1. The molecule has 19 heavy (non-hydrogen) atoms. The predicted octanol–water partition coefficient (Wildman–Crippen LogP) is 2.63. The number of benzene rings is 1. The number of ether oxygens (including phenoxy) is 1. The molecule has 0 aromatic heterocycles. The van der Waals surface area contributed by atoms with Crippen LogP contribution in [0.15, 0.2) is 22.7 Å². The molecular formula is C14H21BrN2O2. The van der Waals surface area contributed by atoms with Crippen LogP contribution in [-0.2, 0) is 4.79 Å². The van der Waals surface area contributed by atoms with Crippen molar-refractivity contribution in [2.24, 2.45) is 0 Å². The van der Waals surface area contributed by atoms with Gasteiger partial charge in [0.15, 0.2) is 0 Å². The number of halogens is 1. The fraction of sp³-hybridized carbons (Fsp3) is 0.500. The standard InChI is InChI=1S/C14H21BrN2O2/c1-10(16-2)12-9-11(15)6-7-13(12)19-8-4-5-14(18)17-3/h6-7,9-10,16H,4-5,8H2,1-3H3,(H,17,18). The first-order chi connectivity index (χ1) is 9.08. The molecule has 1 aromatic rings. The van der Waals surface area contributed by atoms with Gasteiger partial charge in [-0.1, -0.05) is 15.9 Å². The van der Waals surface area contributed by atoms with Crippen molar-refractivity contribution in [2.75, 3.05) is 20.7 Å². The van der Waals surface area contributed by atoms with E-state index in [1.165, 1.54) is 0 Å². The van der Waals surface area contributed by atoms with E-state index < -0.39 is 0 Å². The molecular weight excluding hydrogens is 308 g/mol. The third-order valence-electron chi connectivity index (χ3n) is 2.96. The lowest BCUT2D eigenvalue weighted by Gasteiger charge is -2.17. The molecule has 0 aliphatic heterocycles. The largest absolute Gasteiger partial charge is 0.493 e. The fourth-order valence-electron chi connectivity index (χ4n) is 1.68. The summed E-state index contributed by atoms with van der Waals surface area (Å²) >= 11 is 3.47. The van der Waals surface area contributed by atoms with Gasteiger partial charge in [0.1, 0.15) is 5.75 Å². The Morgan fingerprint density at radius 3 is 2.79 bits per heavy atom. The van der Waals surface area contributed by atoms with Crippen LogP contribution >= 0.6 is 15.9 Å². The maximum atomic E-state index is 11.1. The number of carbonyl (C=O) groups excluding carboxylic acids is 1. The Balaban J connectivity index is 2.60. The SMILES string of the molecule is CNC(=O)CCCOc1ccc(Br)cc1C(C)NC. The first kappa shape index (κ1) is 16.0. The summed E-state index contributed by atoms with van der Waals surface area (Å²) in [5.41, 5.74) is 1.11. The quantitative estimate of drug-likeness (QED) is 0.756. The number of amides is 1. The molecule has 0 aliphatic carbocycles. The summed E-state index contributed by atoms with van der Waals surface area (Å²) < 4.78 is 6.80. The van der Waals surface area contributed by atoms with Crippen molar-refractivity contribution in [3.63, 3.8) is 0 Å². The number of hydrogen-bond donors (Lipinski definition) is 2. The molecule has 1 amide bonds. The van der Waals surface area contributed by atoms with Crippen LogP contribution in [0.4, 0.5) is 0 Å². The zero-order valence-corrected chi connectivity index (χ0v) is 13.2. The van der Waals surface area contributed by atoms with Crippen LogP contribution in [-0.4, -0.2) is 26.6 Å². The highest BCUT2D eigenvalue weighted by Gasteiger charge is 2.10. The highest BCUT2D eigenvalue weighted by atomic mass is 79.9. The van der Waals surface area contributed by atoms with Gasteiger partial charge < -0.3 is 15.4 Å². The molecule has 2 N–H and O–H groups in total. The Morgan fingerprint density at radius 1 is 1.42 bits per heavy atom. The van der Waals surface area contributed by atoms with Crippen molar-refractivity contribution in [3.05, 3.63) is 28.2 Å². The van der Waals surface area contributed by atoms with Gasteiger partial charge in [0.2, 0.25) is 5.91 Å². The number of hydrogen-bond acceptors (Lipinski definition) is 3. The van der Waals surface area contributed by atoms with E-state index in [1.54, 1.807) is 7.05 Å². The number of carbonyl (C=O) groups is 1. The molecule has 0 radical (unpaired) electrons. The van der Waals surface area contributed by atoms with Gasteiger partial charge in [-0.2, -0.15) is 0 Å². The lowest BCUT2D eigenvalue weighted by atomic mass is 10.1. The fourth-order valence-corrected chi connectivity index (χ4v) is 2.06. The predicted molar refractivity (Wildman–Crippen MR) is 80.4 cm³/mol. The Bertz CT molecular complexity index is 424. The van der Waals surface area contributed by atoms with Gasteiger partial charge in [-0.15, -0.1) is 0 Å². The van der Waals surface area contributed by atoms with Crippen LogP contribution in [0.5, 0.6) is 5.75 Å².